The summed E-state index contributed by atoms with van der Waals surface area (Å²) in [6, 6.07) is 9.46. The molecule has 10 heteroatoms. The number of anilines is 1. The van der Waals surface area contributed by atoms with Gasteiger partial charge in [0.05, 0.1) is 10.6 Å². The fourth-order valence-corrected chi connectivity index (χ4v) is 4.23. The molecule has 0 radical (unpaired) electrons. The van der Waals surface area contributed by atoms with Crippen molar-refractivity contribution in [3.8, 4) is 0 Å². The molecule has 35 heavy (non-hydrogen) atoms. The van der Waals surface area contributed by atoms with Gasteiger partial charge in [-0.2, -0.15) is 5.10 Å². The number of carbonyl (C=O) groups excluding carboxylic acids is 2. The van der Waals surface area contributed by atoms with Gasteiger partial charge < -0.3 is 9.73 Å². The summed E-state index contributed by atoms with van der Waals surface area (Å²) in [5.74, 6) is -0.138. The first-order chi connectivity index (χ1) is 16.7. The number of hydrogen-bond donors (Lipinski definition) is 2. The Morgan fingerprint density at radius 3 is 2.60 bits per heavy atom. The zero-order chi connectivity index (χ0) is 25.3. The van der Waals surface area contributed by atoms with Crippen molar-refractivity contribution in [1.82, 2.24) is 5.43 Å². The van der Waals surface area contributed by atoms with Crippen LogP contribution in [0.4, 0.5) is 11.4 Å². The minimum atomic E-state index is -0.655. The van der Waals surface area contributed by atoms with Gasteiger partial charge in [0.25, 0.3) is 17.5 Å². The number of fused-ring (bicyclic) bond motifs is 1. The van der Waals surface area contributed by atoms with Gasteiger partial charge in [0.2, 0.25) is 0 Å². The second kappa shape index (κ2) is 9.71. The van der Waals surface area contributed by atoms with E-state index in [0.29, 0.717) is 41.1 Å². The lowest BCUT2D eigenvalue weighted by Crippen LogP contribution is -2.22. The lowest BCUT2D eigenvalue weighted by Gasteiger charge is -2.13. The molecule has 4 rings (SSSR count). The van der Waals surface area contributed by atoms with Crippen LogP contribution in [0.1, 0.15) is 61.8 Å². The van der Waals surface area contributed by atoms with Crippen molar-refractivity contribution in [2.24, 2.45) is 5.10 Å². The number of carbonyl (C=O) groups is 2. The molecule has 2 aromatic carbocycles. The van der Waals surface area contributed by atoms with Crippen molar-refractivity contribution >= 4 is 40.5 Å². The normalized spacial score (nSPS) is 13.9. The Hall–Kier alpha value is -3.98. The lowest BCUT2D eigenvalue weighted by molar-refractivity contribution is -0.384. The molecule has 3 aromatic rings. The van der Waals surface area contributed by atoms with E-state index in [1.54, 1.807) is 6.92 Å². The maximum Gasteiger partial charge on any atom is 0.291 e. The zero-order valence-electron chi connectivity index (χ0n) is 19.4. The van der Waals surface area contributed by atoms with Crippen LogP contribution in [-0.2, 0) is 6.42 Å². The number of halogens is 1. The van der Waals surface area contributed by atoms with Crippen molar-refractivity contribution < 1.29 is 18.9 Å². The number of aryl methyl sites for hydroxylation is 2. The average molecular weight is 495 g/mol. The fourth-order valence-electron chi connectivity index (χ4n) is 4.04. The molecule has 0 aliphatic heterocycles. The molecule has 0 saturated heterocycles. The number of nitro benzene ring substituents is 1. The van der Waals surface area contributed by atoms with E-state index in [9.17, 15) is 19.7 Å². The third kappa shape index (κ3) is 4.81. The van der Waals surface area contributed by atoms with E-state index in [1.807, 2.05) is 32.0 Å². The van der Waals surface area contributed by atoms with Gasteiger partial charge in [0.1, 0.15) is 10.8 Å². The summed E-state index contributed by atoms with van der Waals surface area (Å²) in [5.41, 5.74) is 6.81. The maximum atomic E-state index is 13.0. The molecular formula is C25H23ClN4O5. The Morgan fingerprint density at radius 1 is 1.09 bits per heavy atom. The molecule has 0 unspecified atom stereocenters. The Morgan fingerprint density at radius 2 is 1.86 bits per heavy atom. The van der Waals surface area contributed by atoms with E-state index in [-0.39, 0.29) is 27.9 Å². The molecule has 0 bridgehead atoms. The van der Waals surface area contributed by atoms with E-state index in [1.165, 1.54) is 12.1 Å². The number of nitrogens with one attached hydrogen (secondary N) is 2. The Kier molecular flexibility index (Phi) is 6.70. The van der Waals surface area contributed by atoms with Gasteiger partial charge in [-0.1, -0.05) is 23.7 Å². The summed E-state index contributed by atoms with van der Waals surface area (Å²) in [5, 5.41) is 18.2. The predicted molar refractivity (Wildman–Crippen MR) is 132 cm³/mol. The van der Waals surface area contributed by atoms with Crippen LogP contribution in [0, 0.1) is 30.9 Å². The van der Waals surface area contributed by atoms with Crippen LogP contribution in [0.25, 0.3) is 0 Å². The minimum Gasteiger partial charge on any atom is -0.455 e. The Bertz CT molecular complexity index is 1390. The van der Waals surface area contributed by atoms with Crippen LogP contribution in [0.15, 0.2) is 45.9 Å². The van der Waals surface area contributed by atoms with E-state index < -0.39 is 10.8 Å². The van der Waals surface area contributed by atoms with Crippen LogP contribution in [0.3, 0.4) is 0 Å². The van der Waals surface area contributed by atoms with Crippen LogP contribution in [-0.4, -0.2) is 22.4 Å². The predicted octanol–water partition coefficient (Wildman–Crippen LogP) is 5.49. The molecule has 0 atom stereocenters. The topological polar surface area (TPSA) is 127 Å². The Labute approximate surface area is 206 Å². The summed E-state index contributed by atoms with van der Waals surface area (Å²) >= 11 is 5.82. The molecule has 2 amide bonds. The molecule has 180 valence electrons. The van der Waals surface area contributed by atoms with Crippen LogP contribution < -0.4 is 10.7 Å². The standard InChI is InChI=1S/C25H23ClN4O5/c1-13-6-4-7-18(14(13)2)27-25(32)23-15(3)22-19(8-5-9-21(22)35-23)28-29-24(31)16-10-11-17(26)20(12-16)30(33)34/h4,6-7,10-12H,5,8-9H2,1-3H3,(H,27,32)(H,29,31)/b28-19+. The second-order valence-corrected chi connectivity index (χ2v) is 8.74. The average Bonchev–Trinajstić information content (AvgIpc) is 3.17. The summed E-state index contributed by atoms with van der Waals surface area (Å²) in [4.78, 5) is 36.0. The van der Waals surface area contributed by atoms with Crippen molar-refractivity contribution in [2.75, 3.05) is 5.32 Å². The quantitative estimate of drug-likeness (QED) is 0.358. The first kappa shape index (κ1) is 24.2. The maximum absolute atomic E-state index is 13.0. The number of nitrogens with zero attached hydrogens (tertiary/aromatic N) is 2. The van der Waals surface area contributed by atoms with E-state index in [4.69, 9.17) is 16.0 Å². The van der Waals surface area contributed by atoms with Gasteiger partial charge in [0.15, 0.2) is 5.76 Å². The second-order valence-electron chi connectivity index (χ2n) is 8.33. The van der Waals surface area contributed by atoms with Gasteiger partial charge in [-0.15, -0.1) is 0 Å². The number of nitro groups is 1. The van der Waals surface area contributed by atoms with E-state index in [2.05, 4.69) is 15.8 Å². The van der Waals surface area contributed by atoms with Gasteiger partial charge in [-0.25, -0.2) is 5.43 Å². The fraction of sp³-hybridized carbons (Fsp3) is 0.240. The first-order valence-corrected chi connectivity index (χ1v) is 11.4. The molecule has 1 aliphatic carbocycles. The molecule has 1 heterocycles. The third-order valence-electron chi connectivity index (χ3n) is 6.08. The van der Waals surface area contributed by atoms with Crippen molar-refractivity contribution in [3.05, 3.63) is 90.9 Å². The smallest absolute Gasteiger partial charge is 0.291 e. The molecule has 9 nitrogen and oxygen atoms in total. The molecule has 1 aliphatic rings. The molecular weight excluding hydrogens is 472 g/mol. The molecule has 0 saturated carbocycles. The lowest BCUT2D eigenvalue weighted by atomic mass is 9.93. The summed E-state index contributed by atoms with van der Waals surface area (Å²) < 4.78 is 5.92. The van der Waals surface area contributed by atoms with Crippen LogP contribution in [0.5, 0.6) is 0 Å². The first-order valence-electron chi connectivity index (χ1n) is 11.0. The van der Waals surface area contributed by atoms with Crippen molar-refractivity contribution in [3.63, 3.8) is 0 Å². The van der Waals surface area contributed by atoms with Gasteiger partial charge in [-0.05, 0) is 62.9 Å². The molecule has 0 spiro atoms. The van der Waals surface area contributed by atoms with Crippen molar-refractivity contribution in [2.45, 2.75) is 40.0 Å². The largest absolute Gasteiger partial charge is 0.455 e. The highest BCUT2D eigenvalue weighted by Gasteiger charge is 2.28. The number of rotatable bonds is 5. The molecule has 1 aromatic heterocycles. The molecule has 0 fully saturated rings. The number of furan rings is 1. The van der Waals surface area contributed by atoms with Crippen LogP contribution in [0.2, 0.25) is 5.02 Å². The zero-order valence-corrected chi connectivity index (χ0v) is 20.2. The highest BCUT2D eigenvalue weighted by molar-refractivity contribution is 6.32. The minimum absolute atomic E-state index is 0.0546. The van der Waals surface area contributed by atoms with Gasteiger partial charge in [0, 0.05) is 34.9 Å². The Balaban J connectivity index is 1.58. The number of amides is 2. The SMILES string of the molecule is Cc1cccc(NC(=O)c2oc3c(c2C)/C(=N/NC(=O)c2ccc(Cl)c([N+](=O)[O-])c2)CCC3)c1C. The molecule has 2 N–H and O–H groups in total. The highest BCUT2D eigenvalue weighted by atomic mass is 35.5. The number of hydrogen-bond acceptors (Lipinski definition) is 6. The highest BCUT2D eigenvalue weighted by Crippen LogP contribution is 2.31. The summed E-state index contributed by atoms with van der Waals surface area (Å²) in [7, 11) is 0. The summed E-state index contributed by atoms with van der Waals surface area (Å²) in [6.45, 7) is 5.69. The van der Waals surface area contributed by atoms with E-state index >= 15 is 0 Å². The van der Waals surface area contributed by atoms with E-state index in [0.717, 1.165) is 23.6 Å². The van der Waals surface area contributed by atoms with Gasteiger partial charge >= 0.3 is 0 Å². The monoisotopic (exact) mass is 494 g/mol. The van der Waals surface area contributed by atoms with Crippen LogP contribution >= 0.6 is 11.6 Å². The van der Waals surface area contributed by atoms with Crippen molar-refractivity contribution in [1.29, 1.82) is 0 Å². The van der Waals surface area contributed by atoms with Gasteiger partial charge in [-0.3, -0.25) is 19.7 Å². The third-order valence-corrected chi connectivity index (χ3v) is 6.40. The summed E-state index contributed by atoms with van der Waals surface area (Å²) in [6.07, 6.45) is 1.95. The number of hydrazone groups is 1. The number of benzene rings is 2.